The topological polar surface area (TPSA) is 50.4 Å². The Labute approximate surface area is 127 Å². The molecule has 4 nitrogen and oxygen atoms in total. The van der Waals surface area contributed by atoms with Gasteiger partial charge in [-0.15, -0.1) is 0 Å². The smallest absolute Gasteiger partial charge is 0.227 e. The predicted molar refractivity (Wildman–Crippen MR) is 84.4 cm³/mol. The number of hydrogen-bond donors (Lipinski definition) is 2. The average Bonchev–Trinajstić information content (AvgIpc) is 2.55. The number of para-hydroxylation sites is 1. The second-order valence-electron chi connectivity index (χ2n) is 5.85. The first-order valence-electron chi connectivity index (χ1n) is 7.77. The van der Waals surface area contributed by atoms with Crippen molar-refractivity contribution in [2.45, 2.75) is 39.2 Å². The highest BCUT2D eigenvalue weighted by molar-refractivity contribution is 5.83. The number of carbonyl (C=O) groups is 1. The summed E-state index contributed by atoms with van der Waals surface area (Å²) in [5.74, 6) is 0.966. The second-order valence-corrected chi connectivity index (χ2v) is 5.85. The quantitative estimate of drug-likeness (QED) is 0.876. The van der Waals surface area contributed by atoms with Gasteiger partial charge in [-0.2, -0.15) is 0 Å². The molecule has 2 atom stereocenters. The van der Waals surface area contributed by atoms with Gasteiger partial charge in [0.2, 0.25) is 5.91 Å². The van der Waals surface area contributed by atoms with Crippen molar-refractivity contribution in [3.8, 4) is 5.75 Å². The number of piperidine rings is 1. The molecule has 1 saturated heterocycles. The SMILES string of the molecule is CCC1(C(=O)N[C@@H](C)c2ccccc2OC)CCCNC1. The van der Waals surface area contributed by atoms with Crippen molar-refractivity contribution in [1.82, 2.24) is 10.6 Å². The fourth-order valence-corrected chi connectivity index (χ4v) is 3.08. The zero-order valence-corrected chi connectivity index (χ0v) is 13.2. The van der Waals surface area contributed by atoms with E-state index in [4.69, 9.17) is 4.74 Å². The van der Waals surface area contributed by atoms with Crippen LogP contribution in [0.1, 0.15) is 44.7 Å². The zero-order chi connectivity index (χ0) is 15.3. The Morgan fingerprint density at radius 1 is 1.48 bits per heavy atom. The van der Waals surface area contributed by atoms with Crippen molar-refractivity contribution in [2.75, 3.05) is 20.2 Å². The molecule has 0 saturated carbocycles. The Kier molecular flexibility index (Phi) is 5.23. The fourth-order valence-electron chi connectivity index (χ4n) is 3.08. The van der Waals surface area contributed by atoms with Crippen LogP contribution in [-0.2, 0) is 4.79 Å². The number of carbonyl (C=O) groups excluding carboxylic acids is 1. The van der Waals surface area contributed by atoms with Gasteiger partial charge in [-0.25, -0.2) is 0 Å². The average molecular weight is 290 g/mol. The largest absolute Gasteiger partial charge is 0.496 e. The normalized spacial score (nSPS) is 23.4. The third-order valence-corrected chi connectivity index (χ3v) is 4.58. The fraction of sp³-hybridized carbons (Fsp3) is 0.588. The van der Waals surface area contributed by atoms with Gasteiger partial charge in [-0.05, 0) is 38.8 Å². The van der Waals surface area contributed by atoms with Crippen LogP contribution in [0.4, 0.5) is 0 Å². The maximum Gasteiger partial charge on any atom is 0.227 e. The second kappa shape index (κ2) is 6.94. The Balaban J connectivity index is 2.11. The van der Waals surface area contributed by atoms with Gasteiger partial charge in [0.15, 0.2) is 0 Å². The summed E-state index contributed by atoms with van der Waals surface area (Å²) in [5.41, 5.74) is 0.748. The molecule has 0 radical (unpaired) electrons. The zero-order valence-electron chi connectivity index (χ0n) is 13.2. The summed E-state index contributed by atoms with van der Waals surface area (Å²) in [5, 5.41) is 6.53. The minimum absolute atomic E-state index is 0.0565. The molecule has 0 aromatic heterocycles. The minimum Gasteiger partial charge on any atom is -0.496 e. The molecular weight excluding hydrogens is 264 g/mol. The van der Waals surface area contributed by atoms with Gasteiger partial charge < -0.3 is 15.4 Å². The number of benzene rings is 1. The lowest BCUT2D eigenvalue weighted by Crippen LogP contribution is -2.50. The highest BCUT2D eigenvalue weighted by atomic mass is 16.5. The molecule has 1 unspecified atom stereocenters. The summed E-state index contributed by atoms with van der Waals surface area (Å²) < 4.78 is 5.38. The molecule has 4 heteroatoms. The summed E-state index contributed by atoms with van der Waals surface area (Å²) in [6.07, 6.45) is 2.88. The van der Waals surface area contributed by atoms with Gasteiger partial charge in [0.1, 0.15) is 5.75 Å². The number of nitrogens with one attached hydrogen (secondary N) is 2. The van der Waals surface area contributed by atoms with Gasteiger partial charge >= 0.3 is 0 Å². The maximum atomic E-state index is 12.7. The molecule has 1 fully saturated rings. The van der Waals surface area contributed by atoms with E-state index in [9.17, 15) is 4.79 Å². The van der Waals surface area contributed by atoms with Crippen LogP contribution in [-0.4, -0.2) is 26.1 Å². The third-order valence-electron chi connectivity index (χ3n) is 4.58. The van der Waals surface area contributed by atoms with E-state index in [2.05, 4.69) is 17.6 Å². The molecule has 1 aliphatic heterocycles. The van der Waals surface area contributed by atoms with E-state index in [-0.39, 0.29) is 17.4 Å². The summed E-state index contributed by atoms with van der Waals surface area (Å²) >= 11 is 0. The molecule has 1 heterocycles. The molecule has 2 rings (SSSR count). The first-order valence-corrected chi connectivity index (χ1v) is 7.77. The van der Waals surface area contributed by atoms with Crippen molar-refractivity contribution in [3.63, 3.8) is 0 Å². The number of hydrogen-bond acceptors (Lipinski definition) is 3. The molecule has 1 amide bonds. The standard InChI is InChI=1S/C17H26N2O2/c1-4-17(10-7-11-18-12-17)16(20)19-13(2)14-8-5-6-9-15(14)21-3/h5-6,8-9,13,18H,4,7,10-12H2,1-3H3,(H,19,20)/t13-,17?/m0/s1. The van der Waals surface area contributed by atoms with E-state index in [0.29, 0.717) is 0 Å². The van der Waals surface area contributed by atoms with Crippen molar-refractivity contribution in [3.05, 3.63) is 29.8 Å². The molecule has 21 heavy (non-hydrogen) atoms. The molecule has 0 bridgehead atoms. The van der Waals surface area contributed by atoms with Crippen LogP contribution in [0.2, 0.25) is 0 Å². The first-order chi connectivity index (χ1) is 10.1. The Morgan fingerprint density at radius 2 is 2.24 bits per heavy atom. The van der Waals surface area contributed by atoms with E-state index < -0.39 is 0 Å². The van der Waals surface area contributed by atoms with Crippen LogP contribution in [0.25, 0.3) is 0 Å². The van der Waals surface area contributed by atoms with Crippen LogP contribution in [0.15, 0.2) is 24.3 Å². The Bertz CT molecular complexity index is 481. The van der Waals surface area contributed by atoms with E-state index >= 15 is 0 Å². The van der Waals surface area contributed by atoms with Gasteiger partial charge in [-0.1, -0.05) is 25.1 Å². The van der Waals surface area contributed by atoms with E-state index in [1.807, 2.05) is 31.2 Å². The summed E-state index contributed by atoms with van der Waals surface area (Å²) in [6.45, 7) is 5.89. The van der Waals surface area contributed by atoms with E-state index in [1.54, 1.807) is 7.11 Å². The summed E-state index contributed by atoms with van der Waals surface area (Å²) in [6, 6.07) is 7.78. The monoisotopic (exact) mass is 290 g/mol. The van der Waals surface area contributed by atoms with Crippen LogP contribution in [0, 0.1) is 5.41 Å². The van der Waals surface area contributed by atoms with E-state index in [0.717, 1.165) is 43.7 Å². The van der Waals surface area contributed by atoms with Crippen LogP contribution < -0.4 is 15.4 Å². The minimum atomic E-state index is -0.269. The lowest BCUT2D eigenvalue weighted by molar-refractivity contribution is -0.133. The molecular formula is C17H26N2O2. The first kappa shape index (κ1) is 15.8. The highest BCUT2D eigenvalue weighted by Crippen LogP contribution is 2.32. The number of ether oxygens (including phenoxy) is 1. The number of methoxy groups -OCH3 is 1. The van der Waals surface area contributed by atoms with Gasteiger partial charge in [0.05, 0.1) is 18.6 Å². The van der Waals surface area contributed by atoms with Crippen LogP contribution >= 0.6 is 0 Å². The van der Waals surface area contributed by atoms with E-state index in [1.165, 1.54) is 0 Å². The lowest BCUT2D eigenvalue weighted by Gasteiger charge is -2.36. The van der Waals surface area contributed by atoms with Crippen molar-refractivity contribution >= 4 is 5.91 Å². The maximum absolute atomic E-state index is 12.7. The van der Waals surface area contributed by atoms with Gasteiger partial charge in [0.25, 0.3) is 0 Å². The Morgan fingerprint density at radius 3 is 2.86 bits per heavy atom. The molecule has 1 aromatic carbocycles. The van der Waals surface area contributed by atoms with Crippen molar-refractivity contribution < 1.29 is 9.53 Å². The number of amides is 1. The highest BCUT2D eigenvalue weighted by Gasteiger charge is 2.38. The van der Waals surface area contributed by atoms with Crippen LogP contribution in [0.3, 0.4) is 0 Å². The van der Waals surface area contributed by atoms with Crippen molar-refractivity contribution in [1.29, 1.82) is 0 Å². The predicted octanol–water partition coefficient (Wildman–Crippen LogP) is 2.65. The van der Waals surface area contributed by atoms with Gasteiger partial charge in [0, 0.05) is 12.1 Å². The summed E-state index contributed by atoms with van der Waals surface area (Å²) in [4.78, 5) is 12.7. The van der Waals surface area contributed by atoms with Gasteiger partial charge in [-0.3, -0.25) is 4.79 Å². The molecule has 116 valence electrons. The van der Waals surface area contributed by atoms with Crippen LogP contribution in [0.5, 0.6) is 5.75 Å². The number of rotatable bonds is 5. The molecule has 2 N–H and O–H groups in total. The molecule has 0 aliphatic carbocycles. The molecule has 1 aliphatic rings. The summed E-state index contributed by atoms with van der Waals surface area (Å²) in [7, 11) is 1.66. The lowest BCUT2D eigenvalue weighted by atomic mass is 9.77. The third kappa shape index (κ3) is 3.38. The Hall–Kier alpha value is -1.55. The molecule has 0 spiro atoms. The van der Waals surface area contributed by atoms with Crippen molar-refractivity contribution in [2.24, 2.45) is 5.41 Å². The molecule has 1 aromatic rings.